The van der Waals surface area contributed by atoms with Gasteiger partial charge in [-0.25, -0.2) is 14.8 Å². The van der Waals surface area contributed by atoms with Crippen LogP contribution in [0.2, 0.25) is 5.02 Å². The number of hydrogen-bond acceptors (Lipinski definition) is 3. The van der Waals surface area contributed by atoms with Gasteiger partial charge in [-0.15, -0.1) is 0 Å². The van der Waals surface area contributed by atoms with E-state index in [-0.39, 0.29) is 5.69 Å². The third kappa shape index (κ3) is 4.20. The van der Waals surface area contributed by atoms with Crippen LogP contribution < -0.4 is 10.6 Å². The molecule has 2 aromatic carbocycles. The molecule has 0 fully saturated rings. The Labute approximate surface area is 173 Å². The van der Waals surface area contributed by atoms with Gasteiger partial charge < -0.3 is 10.6 Å². The molecule has 2 heterocycles. The molecule has 2 amide bonds. The number of carbonyl (C=O) groups is 1. The third-order valence-electron chi connectivity index (χ3n) is 4.18. The normalized spacial score (nSPS) is 11.5. The van der Waals surface area contributed by atoms with Gasteiger partial charge in [0.15, 0.2) is 0 Å². The summed E-state index contributed by atoms with van der Waals surface area (Å²) in [6.07, 6.45) is 0.627. The van der Waals surface area contributed by atoms with Crippen molar-refractivity contribution in [1.82, 2.24) is 14.4 Å². The summed E-state index contributed by atoms with van der Waals surface area (Å²) in [6.45, 7) is 0. The number of rotatable bonds is 3. The molecule has 0 spiro atoms. The monoisotopic (exact) mass is 431 g/mol. The van der Waals surface area contributed by atoms with Crippen LogP contribution in [0.4, 0.5) is 29.3 Å². The van der Waals surface area contributed by atoms with Crippen LogP contribution in [0.25, 0.3) is 17.0 Å². The van der Waals surface area contributed by atoms with Crippen molar-refractivity contribution in [1.29, 1.82) is 0 Å². The van der Waals surface area contributed by atoms with Gasteiger partial charge in [-0.1, -0.05) is 23.7 Å². The quantitative estimate of drug-likeness (QED) is 0.436. The van der Waals surface area contributed by atoms with Gasteiger partial charge in [0, 0.05) is 35.5 Å². The van der Waals surface area contributed by atoms with Gasteiger partial charge in [0.05, 0.1) is 16.3 Å². The van der Waals surface area contributed by atoms with E-state index in [1.807, 2.05) is 12.3 Å². The van der Waals surface area contributed by atoms with Crippen molar-refractivity contribution in [2.75, 3.05) is 10.6 Å². The molecule has 0 bridgehead atoms. The molecule has 2 N–H and O–H groups in total. The highest BCUT2D eigenvalue weighted by molar-refractivity contribution is 6.31. The first-order valence-corrected chi connectivity index (χ1v) is 9.02. The largest absolute Gasteiger partial charge is 0.417 e. The Bertz CT molecular complexity index is 1210. The molecule has 2 aromatic heterocycles. The SMILES string of the molecule is O=C(Nc1cccc(-c2cn3cccnc3n2)c1)Nc1ccc(Cl)c(C(F)(F)F)c1. The number of nitrogens with one attached hydrogen (secondary N) is 2. The summed E-state index contributed by atoms with van der Waals surface area (Å²) in [5.41, 5.74) is 0.783. The van der Waals surface area contributed by atoms with E-state index in [1.54, 1.807) is 41.1 Å². The summed E-state index contributed by atoms with van der Waals surface area (Å²) in [5, 5.41) is 4.52. The Kier molecular flexibility index (Phi) is 5.04. The fourth-order valence-corrected chi connectivity index (χ4v) is 3.06. The Morgan fingerprint density at radius 3 is 2.53 bits per heavy atom. The predicted octanol–water partition coefficient (Wildman–Crippen LogP) is 5.71. The number of imidazole rings is 1. The van der Waals surface area contributed by atoms with Gasteiger partial charge in [-0.05, 0) is 36.4 Å². The summed E-state index contributed by atoms with van der Waals surface area (Å²) in [4.78, 5) is 20.8. The summed E-state index contributed by atoms with van der Waals surface area (Å²) >= 11 is 5.59. The first-order chi connectivity index (χ1) is 14.3. The van der Waals surface area contributed by atoms with Crippen molar-refractivity contribution < 1.29 is 18.0 Å². The van der Waals surface area contributed by atoms with Crippen molar-refractivity contribution >= 4 is 34.8 Å². The van der Waals surface area contributed by atoms with E-state index in [0.717, 1.165) is 17.7 Å². The first-order valence-electron chi connectivity index (χ1n) is 8.64. The number of fused-ring (bicyclic) bond motifs is 1. The Hall–Kier alpha value is -3.59. The molecular formula is C20H13ClF3N5O. The van der Waals surface area contributed by atoms with Crippen molar-refractivity contribution in [3.63, 3.8) is 0 Å². The molecule has 152 valence electrons. The van der Waals surface area contributed by atoms with Gasteiger partial charge in [0.1, 0.15) is 0 Å². The summed E-state index contributed by atoms with van der Waals surface area (Å²) < 4.78 is 40.7. The molecule has 30 heavy (non-hydrogen) atoms. The third-order valence-corrected chi connectivity index (χ3v) is 4.51. The standard InChI is InChI=1S/C20H13ClF3N5O/c21-16-6-5-14(10-15(16)20(22,23)24)27-19(30)26-13-4-1-3-12(9-13)17-11-29-8-2-7-25-18(29)28-17/h1-11H,(H2,26,27,30). The topological polar surface area (TPSA) is 71.3 Å². The summed E-state index contributed by atoms with van der Waals surface area (Å²) in [6, 6.07) is 11.1. The van der Waals surface area contributed by atoms with Crippen LogP contribution in [-0.2, 0) is 6.18 Å². The molecule has 0 atom stereocenters. The first kappa shape index (κ1) is 19.7. The Morgan fingerprint density at radius 2 is 1.80 bits per heavy atom. The number of amides is 2. The van der Waals surface area contributed by atoms with Gasteiger partial charge in [0.2, 0.25) is 5.78 Å². The van der Waals surface area contributed by atoms with Crippen LogP contribution >= 0.6 is 11.6 Å². The Morgan fingerprint density at radius 1 is 1.03 bits per heavy atom. The van der Waals surface area contributed by atoms with Gasteiger partial charge in [0.25, 0.3) is 0 Å². The van der Waals surface area contributed by atoms with E-state index in [2.05, 4.69) is 20.6 Å². The van der Waals surface area contributed by atoms with Crippen LogP contribution in [0.15, 0.2) is 67.1 Å². The molecule has 0 radical (unpaired) electrons. The van der Waals surface area contributed by atoms with E-state index in [0.29, 0.717) is 17.2 Å². The number of aromatic nitrogens is 3. The molecular weight excluding hydrogens is 419 g/mol. The summed E-state index contributed by atoms with van der Waals surface area (Å²) in [7, 11) is 0. The molecule has 0 unspecified atom stereocenters. The maximum Gasteiger partial charge on any atom is 0.417 e. The molecule has 0 aliphatic heterocycles. The zero-order valence-electron chi connectivity index (χ0n) is 15.1. The lowest BCUT2D eigenvalue weighted by Gasteiger charge is -2.12. The van der Waals surface area contributed by atoms with Crippen molar-refractivity contribution in [3.8, 4) is 11.3 Å². The molecule has 0 saturated heterocycles. The molecule has 6 nitrogen and oxygen atoms in total. The number of benzene rings is 2. The number of hydrogen-bond donors (Lipinski definition) is 2. The van der Waals surface area contributed by atoms with E-state index >= 15 is 0 Å². The number of alkyl halides is 3. The lowest BCUT2D eigenvalue weighted by atomic mass is 10.1. The molecule has 0 aliphatic carbocycles. The van der Waals surface area contributed by atoms with Crippen LogP contribution in [0.1, 0.15) is 5.56 Å². The minimum atomic E-state index is -4.62. The van der Waals surface area contributed by atoms with Gasteiger partial charge in [-0.3, -0.25) is 4.40 Å². The minimum Gasteiger partial charge on any atom is -0.308 e. The minimum absolute atomic E-state index is 0.0354. The van der Waals surface area contributed by atoms with Crippen LogP contribution in [0.5, 0.6) is 0 Å². The van der Waals surface area contributed by atoms with Crippen LogP contribution in [0.3, 0.4) is 0 Å². The van der Waals surface area contributed by atoms with Gasteiger partial charge >= 0.3 is 12.2 Å². The Balaban J connectivity index is 1.51. The molecule has 0 aliphatic rings. The number of carbonyl (C=O) groups excluding carboxylic acids is 1. The van der Waals surface area contributed by atoms with Crippen molar-refractivity contribution in [2.24, 2.45) is 0 Å². The van der Waals surface area contributed by atoms with Crippen LogP contribution in [-0.4, -0.2) is 20.4 Å². The molecule has 0 saturated carbocycles. The average molecular weight is 432 g/mol. The molecule has 4 aromatic rings. The molecule has 10 heteroatoms. The number of nitrogens with zero attached hydrogens (tertiary/aromatic N) is 3. The fraction of sp³-hybridized carbons (Fsp3) is 0.0500. The zero-order chi connectivity index (χ0) is 21.3. The highest BCUT2D eigenvalue weighted by Crippen LogP contribution is 2.36. The lowest BCUT2D eigenvalue weighted by molar-refractivity contribution is -0.137. The van der Waals surface area contributed by atoms with Crippen molar-refractivity contribution in [3.05, 3.63) is 77.7 Å². The fourth-order valence-electron chi connectivity index (χ4n) is 2.84. The van der Waals surface area contributed by atoms with E-state index in [9.17, 15) is 18.0 Å². The highest BCUT2D eigenvalue weighted by Gasteiger charge is 2.33. The van der Waals surface area contributed by atoms with E-state index in [1.165, 1.54) is 6.07 Å². The zero-order valence-corrected chi connectivity index (χ0v) is 15.9. The number of urea groups is 1. The molecule has 4 rings (SSSR count). The maximum absolute atomic E-state index is 13.0. The van der Waals surface area contributed by atoms with Crippen LogP contribution in [0, 0.1) is 0 Å². The number of halogens is 4. The predicted molar refractivity (Wildman–Crippen MR) is 108 cm³/mol. The second-order valence-electron chi connectivity index (χ2n) is 6.31. The van der Waals surface area contributed by atoms with E-state index in [4.69, 9.17) is 11.6 Å². The maximum atomic E-state index is 13.0. The summed E-state index contributed by atoms with van der Waals surface area (Å²) in [5.74, 6) is 0.534. The van der Waals surface area contributed by atoms with Gasteiger partial charge in [-0.2, -0.15) is 13.2 Å². The second-order valence-corrected chi connectivity index (χ2v) is 6.71. The highest BCUT2D eigenvalue weighted by atomic mass is 35.5. The second kappa shape index (κ2) is 7.68. The van der Waals surface area contributed by atoms with Crippen molar-refractivity contribution in [2.45, 2.75) is 6.18 Å². The number of anilines is 2. The average Bonchev–Trinajstić information content (AvgIpc) is 3.13. The van der Waals surface area contributed by atoms with E-state index < -0.39 is 22.8 Å². The lowest BCUT2D eigenvalue weighted by Crippen LogP contribution is -2.20. The smallest absolute Gasteiger partial charge is 0.308 e.